The third kappa shape index (κ3) is 3.34. The molecule has 0 fully saturated rings. The standard InChI is InChI=1S/C19H19N5S/c1-12-8-7-9-13(2)16(12)21-22-17-14(3)23-24(19(20)25)18(17)15-10-5-4-6-11-15/h4-11H,1-3H3,(H2,20,25). The molecule has 2 aromatic carbocycles. The average molecular weight is 349 g/mol. The van der Waals surface area contributed by atoms with E-state index in [4.69, 9.17) is 18.0 Å². The highest BCUT2D eigenvalue weighted by Crippen LogP contribution is 2.35. The summed E-state index contributed by atoms with van der Waals surface area (Å²) in [6.07, 6.45) is 0. The summed E-state index contributed by atoms with van der Waals surface area (Å²) >= 11 is 5.15. The first-order valence-electron chi connectivity index (χ1n) is 7.92. The minimum atomic E-state index is 0.176. The second-order valence-electron chi connectivity index (χ2n) is 5.84. The largest absolute Gasteiger partial charge is 0.374 e. The normalized spacial score (nSPS) is 11.2. The van der Waals surface area contributed by atoms with Crippen molar-refractivity contribution < 1.29 is 0 Å². The lowest BCUT2D eigenvalue weighted by atomic mass is 10.1. The average Bonchev–Trinajstić information content (AvgIpc) is 2.92. The lowest BCUT2D eigenvalue weighted by molar-refractivity contribution is 0.923. The van der Waals surface area contributed by atoms with Gasteiger partial charge in [0.1, 0.15) is 11.4 Å². The Balaban J connectivity index is 2.17. The molecule has 126 valence electrons. The number of azo groups is 1. The summed E-state index contributed by atoms with van der Waals surface area (Å²) in [4.78, 5) is 0. The van der Waals surface area contributed by atoms with Crippen LogP contribution < -0.4 is 5.73 Å². The molecule has 0 spiro atoms. The fraction of sp³-hybridized carbons (Fsp3) is 0.158. The molecule has 3 aromatic rings. The fourth-order valence-corrected chi connectivity index (χ4v) is 2.85. The minimum absolute atomic E-state index is 0.176. The summed E-state index contributed by atoms with van der Waals surface area (Å²) in [7, 11) is 0. The van der Waals surface area contributed by atoms with E-state index in [0.717, 1.165) is 33.8 Å². The number of hydrogen-bond donors (Lipinski definition) is 1. The van der Waals surface area contributed by atoms with Crippen molar-refractivity contribution >= 4 is 28.7 Å². The number of thiocarbonyl (C=S) groups is 1. The zero-order chi connectivity index (χ0) is 18.0. The van der Waals surface area contributed by atoms with Crippen molar-refractivity contribution in [2.75, 3.05) is 0 Å². The van der Waals surface area contributed by atoms with Gasteiger partial charge in [-0.2, -0.15) is 5.10 Å². The highest BCUT2D eigenvalue weighted by molar-refractivity contribution is 7.80. The van der Waals surface area contributed by atoms with Gasteiger partial charge in [-0.1, -0.05) is 48.5 Å². The van der Waals surface area contributed by atoms with Gasteiger partial charge in [-0.25, -0.2) is 4.68 Å². The molecule has 1 heterocycles. The highest BCUT2D eigenvalue weighted by Gasteiger charge is 2.18. The summed E-state index contributed by atoms with van der Waals surface area (Å²) < 4.78 is 1.54. The van der Waals surface area contributed by atoms with Gasteiger partial charge >= 0.3 is 0 Å². The molecule has 0 aliphatic carbocycles. The van der Waals surface area contributed by atoms with Crippen LogP contribution in [0.1, 0.15) is 16.8 Å². The van der Waals surface area contributed by atoms with Gasteiger partial charge in [0.15, 0.2) is 5.11 Å². The van der Waals surface area contributed by atoms with Crippen molar-refractivity contribution in [3.8, 4) is 11.3 Å². The molecule has 1 aromatic heterocycles. The SMILES string of the molecule is Cc1cccc(C)c1N=Nc1c(C)nn(C(N)=S)c1-c1ccccc1. The van der Waals surface area contributed by atoms with Crippen LogP contribution in [-0.2, 0) is 0 Å². The van der Waals surface area contributed by atoms with E-state index in [9.17, 15) is 0 Å². The Morgan fingerprint density at radius 2 is 1.52 bits per heavy atom. The first-order chi connectivity index (χ1) is 12.0. The second-order valence-corrected chi connectivity index (χ2v) is 6.26. The maximum atomic E-state index is 5.85. The molecule has 0 bridgehead atoms. The van der Waals surface area contributed by atoms with Crippen LogP contribution in [0, 0.1) is 20.8 Å². The molecule has 25 heavy (non-hydrogen) atoms. The molecule has 0 unspecified atom stereocenters. The predicted octanol–water partition coefficient (Wildman–Crippen LogP) is 4.98. The summed E-state index contributed by atoms with van der Waals surface area (Å²) in [5.41, 5.74) is 11.9. The molecule has 5 nitrogen and oxygen atoms in total. The zero-order valence-electron chi connectivity index (χ0n) is 14.4. The maximum absolute atomic E-state index is 5.85. The van der Waals surface area contributed by atoms with Crippen LogP contribution in [0.5, 0.6) is 0 Å². The van der Waals surface area contributed by atoms with Gasteiger partial charge in [0.05, 0.1) is 11.4 Å². The number of nitrogens with two attached hydrogens (primary N) is 1. The quantitative estimate of drug-likeness (QED) is 0.535. The Bertz CT molecular complexity index is 937. The maximum Gasteiger partial charge on any atom is 0.191 e. The van der Waals surface area contributed by atoms with E-state index in [1.165, 1.54) is 0 Å². The Hall–Kier alpha value is -2.86. The Morgan fingerprint density at radius 1 is 0.920 bits per heavy atom. The van der Waals surface area contributed by atoms with Crippen LogP contribution in [0.15, 0.2) is 58.8 Å². The molecule has 0 saturated carbocycles. The summed E-state index contributed by atoms with van der Waals surface area (Å²) in [5, 5.41) is 13.6. The minimum Gasteiger partial charge on any atom is -0.374 e. The van der Waals surface area contributed by atoms with Crippen LogP contribution in [-0.4, -0.2) is 14.9 Å². The number of aryl methyl sites for hydroxylation is 3. The van der Waals surface area contributed by atoms with E-state index >= 15 is 0 Å². The molecular formula is C19H19N5S. The van der Waals surface area contributed by atoms with E-state index in [-0.39, 0.29) is 5.11 Å². The number of nitrogens with zero attached hydrogens (tertiary/aromatic N) is 4. The van der Waals surface area contributed by atoms with Gasteiger partial charge in [-0.15, -0.1) is 10.2 Å². The third-order valence-corrected chi connectivity index (χ3v) is 4.15. The first-order valence-corrected chi connectivity index (χ1v) is 8.32. The fourth-order valence-electron chi connectivity index (χ4n) is 2.72. The Morgan fingerprint density at radius 3 is 2.12 bits per heavy atom. The molecule has 3 rings (SSSR count). The van der Waals surface area contributed by atoms with Crippen LogP contribution in [0.25, 0.3) is 11.3 Å². The predicted molar refractivity (Wildman–Crippen MR) is 105 cm³/mol. The van der Waals surface area contributed by atoms with Crippen molar-refractivity contribution in [2.45, 2.75) is 20.8 Å². The van der Waals surface area contributed by atoms with E-state index in [0.29, 0.717) is 5.69 Å². The van der Waals surface area contributed by atoms with Gasteiger partial charge in [-0.05, 0) is 44.1 Å². The van der Waals surface area contributed by atoms with E-state index < -0.39 is 0 Å². The van der Waals surface area contributed by atoms with Crippen molar-refractivity contribution in [1.82, 2.24) is 9.78 Å². The molecule has 0 atom stereocenters. The Kier molecular flexibility index (Phi) is 4.72. The van der Waals surface area contributed by atoms with Gasteiger partial charge in [0.2, 0.25) is 0 Å². The van der Waals surface area contributed by atoms with Gasteiger partial charge in [0, 0.05) is 5.56 Å². The molecule has 6 heteroatoms. The van der Waals surface area contributed by atoms with Gasteiger partial charge in [0.25, 0.3) is 0 Å². The second kappa shape index (κ2) is 6.94. The van der Waals surface area contributed by atoms with Crippen molar-refractivity contribution in [3.05, 3.63) is 65.4 Å². The van der Waals surface area contributed by atoms with Gasteiger partial charge in [-0.3, -0.25) is 0 Å². The van der Waals surface area contributed by atoms with E-state index in [1.54, 1.807) is 4.68 Å². The van der Waals surface area contributed by atoms with E-state index in [2.05, 4.69) is 15.3 Å². The first kappa shape index (κ1) is 17.0. The summed E-state index contributed by atoms with van der Waals surface area (Å²) in [5.74, 6) is 0. The third-order valence-electron chi connectivity index (χ3n) is 3.97. The topological polar surface area (TPSA) is 68.6 Å². The van der Waals surface area contributed by atoms with Crippen LogP contribution in [0.4, 0.5) is 11.4 Å². The summed E-state index contributed by atoms with van der Waals surface area (Å²) in [6, 6.07) is 15.9. The monoisotopic (exact) mass is 349 g/mol. The summed E-state index contributed by atoms with van der Waals surface area (Å²) in [6.45, 7) is 5.91. The number of rotatable bonds is 3. The molecule has 0 radical (unpaired) electrons. The van der Waals surface area contributed by atoms with Crippen molar-refractivity contribution in [3.63, 3.8) is 0 Å². The number of benzene rings is 2. The highest BCUT2D eigenvalue weighted by atomic mass is 32.1. The molecule has 0 saturated heterocycles. The van der Waals surface area contributed by atoms with Crippen LogP contribution in [0.3, 0.4) is 0 Å². The zero-order valence-corrected chi connectivity index (χ0v) is 15.2. The van der Waals surface area contributed by atoms with E-state index in [1.807, 2.05) is 69.3 Å². The number of hydrogen-bond acceptors (Lipinski definition) is 4. The molecule has 2 N–H and O–H groups in total. The van der Waals surface area contributed by atoms with Crippen molar-refractivity contribution in [2.24, 2.45) is 16.0 Å². The molecular weight excluding hydrogens is 330 g/mol. The van der Waals surface area contributed by atoms with Crippen LogP contribution in [0.2, 0.25) is 0 Å². The Labute approximate surface area is 152 Å². The van der Waals surface area contributed by atoms with Crippen LogP contribution >= 0.6 is 12.2 Å². The smallest absolute Gasteiger partial charge is 0.191 e. The lowest BCUT2D eigenvalue weighted by Crippen LogP contribution is -2.21. The molecule has 0 aliphatic rings. The number of aromatic nitrogens is 2. The lowest BCUT2D eigenvalue weighted by Gasteiger charge is -2.06. The van der Waals surface area contributed by atoms with Gasteiger partial charge < -0.3 is 5.73 Å². The molecule has 0 aliphatic heterocycles. The molecule has 0 amide bonds. The van der Waals surface area contributed by atoms with Crippen molar-refractivity contribution in [1.29, 1.82) is 0 Å².